The number of nitrogens with one attached hydrogen (secondary N) is 1. The molecule has 0 fully saturated rings. The van der Waals surface area contributed by atoms with Crippen molar-refractivity contribution in [3.8, 4) is 0 Å². The van der Waals surface area contributed by atoms with Crippen LogP contribution in [0.3, 0.4) is 0 Å². The first-order valence-electron chi connectivity index (χ1n) is 6.02. The summed E-state index contributed by atoms with van der Waals surface area (Å²) in [6, 6.07) is 18.0. The van der Waals surface area contributed by atoms with Crippen molar-refractivity contribution in [3.63, 3.8) is 0 Å². The second kappa shape index (κ2) is 6.38. The molecule has 0 atom stereocenters. The third kappa shape index (κ3) is 3.84. The van der Waals surface area contributed by atoms with Gasteiger partial charge < -0.3 is 14.8 Å². The number of aliphatic carboxylic acids is 1. The lowest BCUT2D eigenvalue weighted by molar-refractivity contribution is -0.134. The quantitative estimate of drug-likeness (QED) is 0.743. The molecule has 2 N–H and O–H groups in total. The molecule has 0 saturated carbocycles. The van der Waals surface area contributed by atoms with Crippen LogP contribution in [0.1, 0.15) is 6.92 Å². The predicted octanol–water partition coefficient (Wildman–Crippen LogP) is 3.66. The Bertz CT molecular complexity index is 655. The molecule has 1 heterocycles. The number of aromatic nitrogens is 1. The molecule has 0 unspecified atom stereocenters. The van der Waals surface area contributed by atoms with E-state index in [1.165, 1.54) is 0 Å². The normalized spacial score (nSPS) is 9.65. The molecule has 5 nitrogen and oxygen atoms in total. The molecule has 0 aliphatic carbocycles. The molecule has 2 aromatic carbocycles. The number of carboxylic acids is 1. The summed E-state index contributed by atoms with van der Waals surface area (Å²) in [6.45, 7) is 1.08. The molecule has 1 aromatic heterocycles. The lowest BCUT2D eigenvalue weighted by Crippen LogP contribution is -1.88. The Morgan fingerprint density at radius 3 is 2.35 bits per heavy atom. The van der Waals surface area contributed by atoms with Crippen molar-refractivity contribution in [3.05, 3.63) is 54.6 Å². The minimum Gasteiger partial charge on any atom is -0.481 e. The number of para-hydroxylation sites is 3. The Labute approximate surface area is 115 Å². The fourth-order valence-electron chi connectivity index (χ4n) is 1.57. The molecule has 0 spiro atoms. The number of fused-ring (bicyclic) bond motifs is 1. The third-order valence-electron chi connectivity index (χ3n) is 2.32. The SMILES string of the molecule is CC(=O)O.c1ccc(Nc2nc3ccccc3o2)cc1. The summed E-state index contributed by atoms with van der Waals surface area (Å²) in [6.07, 6.45) is 0. The highest BCUT2D eigenvalue weighted by molar-refractivity contribution is 5.75. The maximum Gasteiger partial charge on any atom is 0.300 e. The molecule has 102 valence electrons. The van der Waals surface area contributed by atoms with Crippen molar-refractivity contribution >= 4 is 28.8 Å². The number of oxazole rings is 1. The van der Waals surface area contributed by atoms with Crippen molar-refractivity contribution in [2.45, 2.75) is 6.92 Å². The lowest BCUT2D eigenvalue weighted by Gasteiger charge is -1.98. The molecular weight excluding hydrogens is 256 g/mol. The number of hydrogen-bond acceptors (Lipinski definition) is 4. The van der Waals surface area contributed by atoms with E-state index in [1.54, 1.807) is 0 Å². The van der Waals surface area contributed by atoms with E-state index in [9.17, 15) is 0 Å². The van der Waals surface area contributed by atoms with Gasteiger partial charge in [0, 0.05) is 12.6 Å². The van der Waals surface area contributed by atoms with Crippen LogP contribution in [0.4, 0.5) is 11.7 Å². The van der Waals surface area contributed by atoms with Gasteiger partial charge in [0.15, 0.2) is 5.58 Å². The molecule has 20 heavy (non-hydrogen) atoms. The molecule has 3 aromatic rings. The summed E-state index contributed by atoms with van der Waals surface area (Å²) in [5, 5.41) is 10.5. The summed E-state index contributed by atoms with van der Waals surface area (Å²) >= 11 is 0. The molecule has 0 bridgehead atoms. The average Bonchev–Trinajstić information content (AvgIpc) is 2.81. The van der Waals surface area contributed by atoms with Gasteiger partial charge in [0.25, 0.3) is 12.0 Å². The van der Waals surface area contributed by atoms with Crippen LogP contribution in [0.5, 0.6) is 0 Å². The van der Waals surface area contributed by atoms with Gasteiger partial charge in [0.05, 0.1) is 0 Å². The molecule has 0 radical (unpaired) electrons. The molecule has 0 aliphatic heterocycles. The number of rotatable bonds is 2. The number of hydrogen-bond donors (Lipinski definition) is 2. The highest BCUT2D eigenvalue weighted by atomic mass is 16.4. The Balaban J connectivity index is 0.000000328. The molecule has 0 aliphatic rings. The zero-order chi connectivity index (χ0) is 14.4. The smallest absolute Gasteiger partial charge is 0.300 e. The van der Waals surface area contributed by atoms with Gasteiger partial charge in [-0.2, -0.15) is 4.98 Å². The summed E-state index contributed by atoms with van der Waals surface area (Å²) in [5.74, 6) is -0.833. The van der Waals surface area contributed by atoms with Crippen molar-refractivity contribution in [2.24, 2.45) is 0 Å². The van der Waals surface area contributed by atoms with Crippen molar-refractivity contribution in [1.29, 1.82) is 0 Å². The minimum atomic E-state index is -0.833. The maximum atomic E-state index is 9.00. The van der Waals surface area contributed by atoms with Crippen LogP contribution in [0.25, 0.3) is 11.1 Å². The summed E-state index contributed by atoms with van der Waals surface area (Å²) < 4.78 is 5.55. The van der Waals surface area contributed by atoms with Crippen molar-refractivity contribution in [1.82, 2.24) is 4.98 Å². The summed E-state index contributed by atoms with van der Waals surface area (Å²) in [7, 11) is 0. The van der Waals surface area contributed by atoms with Crippen LogP contribution in [0.15, 0.2) is 59.0 Å². The Morgan fingerprint density at radius 1 is 1.10 bits per heavy atom. The Kier molecular flexibility index (Phi) is 4.34. The fourth-order valence-corrected chi connectivity index (χ4v) is 1.57. The first-order chi connectivity index (χ1) is 9.65. The standard InChI is InChI=1S/C13H10N2O.C2H4O2/c1-2-6-10(7-3-1)14-13-15-11-8-4-5-9-12(11)16-13;1-2(3)4/h1-9H,(H,14,15);1H3,(H,3,4). The molecule has 5 heteroatoms. The van der Waals surface area contributed by atoms with E-state index in [4.69, 9.17) is 14.3 Å². The number of benzene rings is 2. The zero-order valence-corrected chi connectivity index (χ0v) is 10.9. The highest BCUT2D eigenvalue weighted by Gasteiger charge is 2.03. The first kappa shape index (κ1) is 13.6. The van der Waals surface area contributed by atoms with Gasteiger partial charge >= 0.3 is 0 Å². The van der Waals surface area contributed by atoms with E-state index in [0.717, 1.165) is 23.7 Å². The van der Waals surface area contributed by atoms with Gasteiger partial charge in [0.2, 0.25) is 0 Å². The van der Waals surface area contributed by atoms with Crippen molar-refractivity contribution in [2.75, 3.05) is 5.32 Å². The number of carbonyl (C=O) groups is 1. The summed E-state index contributed by atoms with van der Waals surface area (Å²) in [5.41, 5.74) is 2.62. The molecule has 0 saturated heterocycles. The van der Waals surface area contributed by atoms with E-state index in [2.05, 4.69) is 10.3 Å². The van der Waals surface area contributed by atoms with E-state index < -0.39 is 5.97 Å². The van der Waals surface area contributed by atoms with Crippen LogP contribution < -0.4 is 5.32 Å². The predicted molar refractivity (Wildman–Crippen MR) is 77.0 cm³/mol. The average molecular weight is 270 g/mol. The van der Waals surface area contributed by atoms with E-state index in [0.29, 0.717) is 6.01 Å². The monoisotopic (exact) mass is 270 g/mol. The topological polar surface area (TPSA) is 75.4 Å². The van der Waals surface area contributed by atoms with Gasteiger partial charge in [-0.3, -0.25) is 4.79 Å². The highest BCUT2D eigenvalue weighted by Crippen LogP contribution is 2.21. The number of anilines is 2. The van der Waals surface area contributed by atoms with Gasteiger partial charge in [-0.15, -0.1) is 0 Å². The van der Waals surface area contributed by atoms with E-state index in [-0.39, 0.29) is 0 Å². The van der Waals surface area contributed by atoms with Gasteiger partial charge in [-0.1, -0.05) is 30.3 Å². The largest absolute Gasteiger partial charge is 0.481 e. The van der Waals surface area contributed by atoms with Crippen LogP contribution in [-0.2, 0) is 4.79 Å². The Morgan fingerprint density at radius 2 is 1.70 bits per heavy atom. The van der Waals surface area contributed by atoms with Crippen molar-refractivity contribution < 1.29 is 14.3 Å². The first-order valence-corrected chi connectivity index (χ1v) is 6.02. The van der Waals surface area contributed by atoms with Crippen LogP contribution >= 0.6 is 0 Å². The fraction of sp³-hybridized carbons (Fsp3) is 0.0667. The number of nitrogens with zero attached hydrogens (tertiary/aromatic N) is 1. The Hall–Kier alpha value is -2.82. The maximum absolute atomic E-state index is 9.00. The molecular formula is C15H14N2O3. The molecule has 0 amide bonds. The second-order valence-electron chi connectivity index (χ2n) is 4.00. The zero-order valence-electron chi connectivity index (χ0n) is 10.9. The van der Waals surface area contributed by atoms with E-state index >= 15 is 0 Å². The lowest BCUT2D eigenvalue weighted by atomic mass is 10.3. The molecule has 3 rings (SSSR count). The van der Waals surface area contributed by atoms with Gasteiger partial charge in [-0.25, -0.2) is 0 Å². The van der Waals surface area contributed by atoms with Crippen LogP contribution in [0.2, 0.25) is 0 Å². The van der Waals surface area contributed by atoms with E-state index in [1.807, 2.05) is 54.6 Å². The van der Waals surface area contributed by atoms with Gasteiger partial charge in [0.1, 0.15) is 5.52 Å². The van der Waals surface area contributed by atoms with Crippen LogP contribution in [0, 0.1) is 0 Å². The second-order valence-corrected chi connectivity index (χ2v) is 4.00. The number of carboxylic acid groups (broad SMARTS) is 1. The minimum absolute atomic E-state index is 0.521. The third-order valence-corrected chi connectivity index (χ3v) is 2.32. The van der Waals surface area contributed by atoms with Crippen LogP contribution in [-0.4, -0.2) is 16.1 Å². The van der Waals surface area contributed by atoms with Gasteiger partial charge in [-0.05, 0) is 24.3 Å². The summed E-state index contributed by atoms with van der Waals surface area (Å²) in [4.78, 5) is 13.3.